The van der Waals surface area contributed by atoms with Crippen LogP contribution in [0.15, 0.2) is 52.2 Å². The number of sulfonamides is 1. The number of nitrogens with zero attached hydrogens (tertiary/aromatic N) is 1. The summed E-state index contributed by atoms with van der Waals surface area (Å²) in [5.41, 5.74) is 2.41. The number of nitrogens with one attached hydrogen (secondary N) is 2. The first-order valence-electron chi connectivity index (χ1n) is 8.25. The summed E-state index contributed by atoms with van der Waals surface area (Å²) < 4.78 is 33.6. The summed E-state index contributed by atoms with van der Waals surface area (Å²) in [5, 5.41) is 6.62. The third-order valence-electron chi connectivity index (χ3n) is 4.29. The normalized spacial score (nSPS) is 11.3. The lowest BCUT2D eigenvalue weighted by atomic mass is 10.0. The van der Waals surface area contributed by atoms with Crippen molar-refractivity contribution in [3.05, 3.63) is 69.0 Å². The van der Waals surface area contributed by atoms with Gasteiger partial charge in [0.15, 0.2) is 0 Å². The summed E-state index contributed by atoms with van der Waals surface area (Å²) in [6.07, 6.45) is 0. The molecule has 146 valence electrons. The zero-order valence-corrected chi connectivity index (χ0v) is 17.0. The van der Waals surface area contributed by atoms with Gasteiger partial charge in [-0.05, 0) is 61.4 Å². The van der Waals surface area contributed by atoms with Crippen molar-refractivity contribution in [3.8, 4) is 17.0 Å². The number of aromatic amines is 1. The first-order chi connectivity index (χ1) is 13.2. The number of ether oxygens (including phenoxy) is 1. The summed E-state index contributed by atoms with van der Waals surface area (Å²) in [7, 11) is -2.41. The molecule has 0 aliphatic carbocycles. The van der Waals surface area contributed by atoms with Crippen LogP contribution in [0.2, 0.25) is 5.02 Å². The molecule has 0 aliphatic rings. The van der Waals surface area contributed by atoms with Crippen LogP contribution in [0.5, 0.6) is 5.75 Å². The Kier molecular flexibility index (Phi) is 5.44. The Bertz CT molecular complexity index is 1190. The molecule has 1 aromatic heterocycles. The van der Waals surface area contributed by atoms with E-state index in [9.17, 15) is 13.2 Å². The van der Waals surface area contributed by atoms with Crippen molar-refractivity contribution in [3.63, 3.8) is 0 Å². The molecule has 7 nitrogen and oxygen atoms in total. The minimum atomic E-state index is -3.89. The molecule has 3 aromatic rings. The Hall–Kier alpha value is -2.84. The highest BCUT2D eigenvalue weighted by atomic mass is 35.5. The number of methoxy groups -OCH3 is 1. The lowest BCUT2D eigenvalue weighted by Crippen LogP contribution is -2.15. The molecule has 0 saturated heterocycles. The summed E-state index contributed by atoms with van der Waals surface area (Å²) >= 11 is 6.08. The Morgan fingerprint density at radius 2 is 1.86 bits per heavy atom. The molecule has 0 fully saturated rings. The van der Waals surface area contributed by atoms with Crippen molar-refractivity contribution in [2.45, 2.75) is 18.7 Å². The van der Waals surface area contributed by atoms with Gasteiger partial charge in [-0.2, -0.15) is 5.10 Å². The third-order valence-corrected chi connectivity index (χ3v) is 6.09. The second kappa shape index (κ2) is 7.65. The molecule has 9 heteroatoms. The van der Waals surface area contributed by atoms with Gasteiger partial charge in [-0.3, -0.25) is 9.52 Å². The molecule has 0 spiro atoms. The van der Waals surface area contributed by atoms with Gasteiger partial charge < -0.3 is 4.74 Å². The molecule has 0 amide bonds. The van der Waals surface area contributed by atoms with Crippen molar-refractivity contribution in [2.75, 3.05) is 11.8 Å². The first-order valence-corrected chi connectivity index (χ1v) is 10.1. The highest BCUT2D eigenvalue weighted by molar-refractivity contribution is 7.92. The van der Waals surface area contributed by atoms with E-state index in [2.05, 4.69) is 14.9 Å². The van der Waals surface area contributed by atoms with Gasteiger partial charge >= 0.3 is 0 Å². The number of rotatable bonds is 5. The number of halogens is 1. The summed E-state index contributed by atoms with van der Waals surface area (Å²) in [4.78, 5) is 11.3. The minimum absolute atomic E-state index is 0.113. The molecule has 0 aliphatic heterocycles. The summed E-state index contributed by atoms with van der Waals surface area (Å²) in [5.74, 6) is 0.447. The zero-order chi connectivity index (χ0) is 20.5. The van der Waals surface area contributed by atoms with Gasteiger partial charge in [-0.1, -0.05) is 11.6 Å². The molecule has 1 heterocycles. The van der Waals surface area contributed by atoms with E-state index < -0.39 is 10.0 Å². The SMILES string of the molecule is COc1ccc(NS(=O)(=O)c2cc(-c3ccc(=O)[nH]n3)cc(C)c2C)cc1Cl. The van der Waals surface area contributed by atoms with Crippen LogP contribution < -0.4 is 15.0 Å². The number of hydrogen-bond donors (Lipinski definition) is 2. The zero-order valence-electron chi connectivity index (χ0n) is 15.4. The first kappa shape index (κ1) is 19.9. The van der Waals surface area contributed by atoms with E-state index in [0.29, 0.717) is 33.3 Å². The van der Waals surface area contributed by atoms with Crippen LogP contribution >= 0.6 is 11.6 Å². The second-order valence-corrected chi connectivity index (χ2v) is 8.24. The minimum Gasteiger partial charge on any atom is -0.495 e. The Morgan fingerprint density at radius 3 is 2.46 bits per heavy atom. The largest absolute Gasteiger partial charge is 0.495 e. The Morgan fingerprint density at radius 1 is 1.11 bits per heavy atom. The molecule has 3 rings (SSSR count). The topological polar surface area (TPSA) is 101 Å². The summed E-state index contributed by atoms with van der Waals surface area (Å²) in [6, 6.07) is 10.8. The molecule has 28 heavy (non-hydrogen) atoms. The van der Waals surface area contributed by atoms with Crippen molar-refractivity contribution >= 4 is 27.3 Å². The molecule has 0 radical (unpaired) electrons. The average molecular weight is 420 g/mol. The van der Waals surface area contributed by atoms with E-state index in [1.54, 1.807) is 19.1 Å². The number of aryl methyl sites for hydroxylation is 1. The quantitative estimate of drug-likeness (QED) is 0.658. The number of H-pyrrole nitrogens is 1. The Labute approximate surface area is 167 Å². The van der Waals surface area contributed by atoms with Gasteiger partial charge in [0.25, 0.3) is 15.6 Å². The third kappa shape index (κ3) is 4.02. The van der Waals surface area contributed by atoms with E-state index in [0.717, 1.165) is 5.56 Å². The van der Waals surface area contributed by atoms with Gasteiger partial charge in [-0.15, -0.1) is 0 Å². The highest BCUT2D eigenvalue weighted by Crippen LogP contribution is 2.31. The average Bonchev–Trinajstić information content (AvgIpc) is 2.64. The molecular weight excluding hydrogens is 402 g/mol. The van der Waals surface area contributed by atoms with Crippen molar-refractivity contribution < 1.29 is 13.2 Å². The summed E-state index contributed by atoms with van der Waals surface area (Å²) in [6.45, 7) is 3.54. The molecule has 0 atom stereocenters. The van der Waals surface area contributed by atoms with E-state index >= 15 is 0 Å². The number of aromatic nitrogens is 2. The number of anilines is 1. The predicted molar refractivity (Wildman–Crippen MR) is 109 cm³/mol. The molecule has 2 N–H and O–H groups in total. The fourth-order valence-electron chi connectivity index (χ4n) is 2.70. The molecule has 2 aromatic carbocycles. The van der Waals surface area contributed by atoms with Gasteiger partial charge in [0.2, 0.25) is 0 Å². The van der Waals surface area contributed by atoms with E-state index in [1.165, 1.54) is 31.4 Å². The Balaban J connectivity index is 2.04. The maximum Gasteiger partial charge on any atom is 0.264 e. The van der Waals surface area contributed by atoms with Gasteiger partial charge in [0, 0.05) is 11.6 Å². The monoisotopic (exact) mass is 419 g/mol. The van der Waals surface area contributed by atoms with Crippen LogP contribution in [0.3, 0.4) is 0 Å². The predicted octanol–water partition coefficient (Wildman–Crippen LogP) is 3.52. The molecule has 0 unspecified atom stereocenters. The maximum absolute atomic E-state index is 13.0. The van der Waals surface area contributed by atoms with Crippen molar-refractivity contribution in [2.24, 2.45) is 0 Å². The standard InChI is InChI=1S/C19H18ClN3O4S/c1-11-8-13(16-5-7-19(24)22-21-16)9-18(12(11)2)28(25,26)23-14-4-6-17(27-3)15(20)10-14/h4-10,23H,1-3H3,(H,22,24). The molecular formula is C19H18ClN3O4S. The molecule has 0 bridgehead atoms. The van der Waals surface area contributed by atoms with E-state index in [-0.39, 0.29) is 10.5 Å². The van der Waals surface area contributed by atoms with Gasteiger partial charge in [-0.25, -0.2) is 13.5 Å². The number of benzene rings is 2. The fraction of sp³-hybridized carbons (Fsp3) is 0.158. The van der Waals surface area contributed by atoms with Crippen molar-refractivity contribution in [1.82, 2.24) is 10.2 Å². The van der Waals surface area contributed by atoms with Crippen LogP contribution in [-0.2, 0) is 10.0 Å². The van der Waals surface area contributed by atoms with Crippen LogP contribution in [0, 0.1) is 13.8 Å². The van der Waals surface area contributed by atoms with Crippen LogP contribution in [-0.4, -0.2) is 25.7 Å². The fourth-order valence-corrected chi connectivity index (χ4v) is 4.35. The lowest BCUT2D eigenvalue weighted by molar-refractivity contribution is 0.415. The van der Waals surface area contributed by atoms with Crippen LogP contribution in [0.4, 0.5) is 5.69 Å². The van der Waals surface area contributed by atoms with Gasteiger partial charge in [0.1, 0.15) is 5.75 Å². The van der Waals surface area contributed by atoms with Gasteiger partial charge in [0.05, 0.1) is 28.4 Å². The van der Waals surface area contributed by atoms with Crippen molar-refractivity contribution in [1.29, 1.82) is 0 Å². The lowest BCUT2D eigenvalue weighted by Gasteiger charge is -2.15. The van der Waals surface area contributed by atoms with Crippen LogP contribution in [0.25, 0.3) is 11.3 Å². The van der Waals surface area contributed by atoms with E-state index in [1.807, 2.05) is 13.0 Å². The van der Waals surface area contributed by atoms with E-state index in [4.69, 9.17) is 16.3 Å². The highest BCUT2D eigenvalue weighted by Gasteiger charge is 2.20. The van der Waals surface area contributed by atoms with Crippen LogP contribution in [0.1, 0.15) is 11.1 Å². The second-order valence-electron chi connectivity index (χ2n) is 6.18. The molecule has 0 saturated carbocycles. The maximum atomic E-state index is 13.0. The smallest absolute Gasteiger partial charge is 0.264 e. The number of hydrogen-bond acceptors (Lipinski definition) is 5.